The summed E-state index contributed by atoms with van der Waals surface area (Å²) in [5.41, 5.74) is 8.28. The van der Waals surface area contributed by atoms with Crippen LogP contribution in [0.2, 0.25) is 0 Å². The van der Waals surface area contributed by atoms with E-state index < -0.39 is 6.04 Å². The van der Waals surface area contributed by atoms with Crippen molar-refractivity contribution >= 4 is 57.9 Å². The van der Waals surface area contributed by atoms with Crippen molar-refractivity contribution in [2.45, 2.75) is 39.8 Å². The minimum atomic E-state index is -0.569. The van der Waals surface area contributed by atoms with Crippen molar-refractivity contribution in [3.63, 3.8) is 0 Å². The molecule has 0 saturated heterocycles. The van der Waals surface area contributed by atoms with Crippen LogP contribution >= 0.6 is 0 Å². The Morgan fingerprint density at radius 3 is 2.51 bits per heavy atom. The van der Waals surface area contributed by atoms with Crippen molar-refractivity contribution in [2.24, 2.45) is 4.99 Å². The number of aliphatic imine (C=N–C) groups is 1. The minimum Gasteiger partial charge on any atom is -0.378 e. The fraction of sp³-hybridized carbons (Fsp3) is 0.205. The highest BCUT2D eigenvalue weighted by molar-refractivity contribution is 6.12. The van der Waals surface area contributed by atoms with Gasteiger partial charge in [-0.25, -0.2) is 9.78 Å². The number of rotatable bonds is 9. The lowest BCUT2D eigenvalue weighted by Crippen LogP contribution is -2.46. The van der Waals surface area contributed by atoms with E-state index in [2.05, 4.69) is 30.9 Å². The number of hydrogen-bond acceptors (Lipinski definition) is 9. The SMILES string of the molecule is CC1=N[C@H](Cc2ccccc2)C(=O)Nc2cc(C(=O)CNc3ccc(C)c(N4Cc5cnc(Nc6ccc(C)nc6)nc5N(C)C4=O)c3)ccc21. The number of urea groups is 1. The number of carbonyl (C=O) groups is 3. The van der Waals surface area contributed by atoms with Gasteiger partial charge in [0.15, 0.2) is 5.78 Å². The van der Waals surface area contributed by atoms with Gasteiger partial charge in [-0.05, 0) is 62.2 Å². The van der Waals surface area contributed by atoms with Crippen molar-refractivity contribution in [3.05, 3.63) is 125 Å². The van der Waals surface area contributed by atoms with E-state index in [1.165, 1.54) is 4.90 Å². The number of amides is 3. The van der Waals surface area contributed by atoms with Gasteiger partial charge in [-0.1, -0.05) is 48.5 Å². The fourth-order valence-corrected chi connectivity index (χ4v) is 6.21. The molecule has 12 heteroatoms. The molecular weight excluding hydrogens is 642 g/mol. The van der Waals surface area contributed by atoms with Crippen LogP contribution in [-0.4, -0.2) is 58.0 Å². The molecule has 0 unspecified atom stereocenters. The van der Waals surface area contributed by atoms with Gasteiger partial charge in [0, 0.05) is 53.4 Å². The second kappa shape index (κ2) is 13.8. The number of anilines is 6. The van der Waals surface area contributed by atoms with Crippen LogP contribution in [0, 0.1) is 13.8 Å². The fourth-order valence-electron chi connectivity index (χ4n) is 6.21. The Morgan fingerprint density at radius 2 is 1.73 bits per heavy atom. The zero-order chi connectivity index (χ0) is 35.6. The molecule has 0 aliphatic carbocycles. The van der Waals surface area contributed by atoms with E-state index in [4.69, 9.17) is 4.99 Å². The Labute approximate surface area is 295 Å². The number of nitrogens with zero attached hydrogens (tertiary/aromatic N) is 6. The van der Waals surface area contributed by atoms with Crippen molar-refractivity contribution in [1.29, 1.82) is 0 Å². The van der Waals surface area contributed by atoms with Crippen LogP contribution in [0.4, 0.5) is 39.3 Å². The lowest BCUT2D eigenvalue weighted by Gasteiger charge is -2.35. The van der Waals surface area contributed by atoms with Gasteiger partial charge in [0.1, 0.15) is 11.9 Å². The molecule has 5 aromatic rings. The number of carbonyl (C=O) groups excluding carboxylic acids is 3. The number of benzene rings is 3. The number of pyridine rings is 1. The molecule has 1 atom stereocenters. The minimum absolute atomic E-state index is 0.00966. The summed E-state index contributed by atoms with van der Waals surface area (Å²) in [6.07, 6.45) is 3.91. The largest absolute Gasteiger partial charge is 0.378 e. The summed E-state index contributed by atoms with van der Waals surface area (Å²) in [4.78, 5) is 61.5. The third-order valence-electron chi connectivity index (χ3n) is 9.04. The van der Waals surface area contributed by atoms with Gasteiger partial charge >= 0.3 is 6.03 Å². The average Bonchev–Trinajstić information content (AvgIpc) is 3.25. The van der Waals surface area contributed by atoms with Crippen LogP contribution in [0.25, 0.3) is 0 Å². The normalized spacial score (nSPS) is 15.3. The number of nitrogens with one attached hydrogen (secondary N) is 3. The standard InChI is InChI=1S/C39H37N9O3/c1-23-10-13-29(18-34(23)48-22-28-19-42-38(46-36(28)47(4)39(48)51)44-30-14-11-24(2)40-20-30)41-21-35(49)27-12-15-31-25(3)43-33(37(50)45-32(31)17-27)16-26-8-6-5-7-9-26/h5-15,17-20,33,41H,16,21-22H2,1-4H3,(H,45,50)(H,42,44,46)/t33-/m1/s1. The number of fused-ring (bicyclic) bond motifs is 2. The molecule has 256 valence electrons. The summed E-state index contributed by atoms with van der Waals surface area (Å²) in [7, 11) is 1.69. The molecule has 0 bridgehead atoms. The Bertz CT molecular complexity index is 2180. The summed E-state index contributed by atoms with van der Waals surface area (Å²) < 4.78 is 0. The molecule has 12 nitrogen and oxygen atoms in total. The zero-order valence-electron chi connectivity index (χ0n) is 28.8. The van der Waals surface area contributed by atoms with Crippen molar-refractivity contribution in [3.8, 4) is 0 Å². The van der Waals surface area contributed by atoms with Gasteiger partial charge in [-0.3, -0.25) is 29.4 Å². The highest BCUT2D eigenvalue weighted by atomic mass is 16.2. The average molecular weight is 680 g/mol. The van der Waals surface area contributed by atoms with E-state index in [1.807, 2.05) is 87.5 Å². The summed E-state index contributed by atoms with van der Waals surface area (Å²) in [5.74, 6) is 0.527. The number of ketones is 1. The number of benzodiazepines with no additional fused rings is 1. The van der Waals surface area contributed by atoms with Crippen LogP contribution in [-0.2, 0) is 17.8 Å². The lowest BCUT2D eigenvalue weighted by atomic mass is 10.0. The number of Topliss-reactive ketones (excluding diaryl/α,β-unsaturated/α-hetero) is 1. The highest BCUT2D eigenvalue weighted by Gasteiger charge is 2.32. The Balaban J connectivity index is 1.03. The topological polar surface area (TPSA) is 145 Å². The van der Waals surface area contributed by atoms with E-state index >= 15 is 0 Å². The van der Waals surface area contributed by atoms with Crippen LogP contribution in [0.1, 0.15) is 45.2 Å². The second-order valence-corrected chi connectivity index (χ2v) is 12.7. The molecule has 4 heterocycles. The molecule has 51 heavy (non-hydrogen) atoms. The first-order valence-corrected chi connectivity index (χ1v) is 16.6. The maximum absolute atomic E-state index is 13.7. The van der Waals surface area contributed by atoms with E-state index in [9.17, 15) is 14.4 Å². The maximum Gasteiger partial charge on any atom is 0.330 e. The van der Waals surface area contributed by atoms with Gasteiger partial charge in [0.25, 0.3) is 0 Å². The molecule has 0 radical (unpaired) electrons. The van der Waals surface area contributed by atoms with Crippen molar-refractivity contribution in [2.75, 3.05) is 39.3 Å². The monoisotopic (exact) mass is 679 g/mol. The summed E-state index contributed by atoms with van der Waals surface area (Å²) in [6, 6.07) is 23.7. The first kappa shape index (κ1) is 33.1. The molecular formula is C39H37N9O3. The van der Waals surface area contributed by atoms with E-state index in [0.717, 1.165) is 39.3 Å². The second-order valence-electron chi connectivity index (χ2n) is 12.7. The van der Waals surface area contributed by atoms with Gasteiger partial charge in [0.05, 0.1) is 36.3 Å². The Hall–Kier alpha value is -6.43. The maximum atomic E-state index is 13.7. The van der Waals surface area contributed by atoms with E-state index in [1.54, 1.807) is 36.5 Å². The molecule has 0 saturated carbocycles. The first-order chi connectivity index (χ1) is 24.6. The molecule has 2 aliphatic heterocycles. The van der Waals surface area contributed by atoms with Crippen molar-refractivity contribution in [1.82, 2.24) is 15.0 Å². The summed E-state index contributed by atoms with van der Waals surface area (Å²) >= 11 is 0. The summed E-state index contributed by atoms with van der Waals surface area (Å²) in [5, 5.41) is 9.36. The van der Waals surface area contributed by atoms with E-state index in [-0.39, 0.29) is 30.8 Å². The Morgan fingerprint density at radius 1 is 0.922 bits per heavy atom. The quantitative estimate of drug-likeness (QED) is 0.150. The first-order valence-electron chi connectivity index (χ1n) is 16.6. The molecule has 3 N–H and O–H groups in total. The predicted molar refractivity (Wildman–Crippen MR) is 199 cm³/mol. The Kier molecular flexibility index (Phi) is 8.97. The van der Waals surface area contributed by atoms with Gasteiger partial charge in [-0.2, -0.15) is 4.98 Å². The van der Waals surface area contributed by atoms with Gasteiger partial charge < -0.3 is 16.0 Å². The third kappa shape index (κ3) is 7.02. The smallest absolute Gasteiger partial charge is 0.330 e. The molecule has 0 spiro atoms. The van der Waals surface area contributed by atoms with Crippen molar-refractivity contribution < 1.29 is 14.4 Å². The van der Waals surface area contributed by atoms with Gasteiger partial charge in [-0.15, -0.1) is 0 Å². The molecule has 2 aromatic heterocycles. The lowest BCUT2D eigenvalue weighted by molar-refractivity contribution is -0.117. The number of aryl methyl sites for hydroxylation is 2. The van der Waals surface area contributed by atoms with Crippen LogP contribution in [0.5, 0.6) is 0 Å². The number of hydrogen-bond donors (Lipinski definition) is 3. The highest BCUT2D eigenvalue weighted by Crippen LogP contribution is 2.33. The van der Waals surface area contributed by atoms with Crippen LogP contribution < -0.4 is 25.8 Å². The molecule has 2 aliphatic rings. The van der Waals surface area contributed by atoms with Crippen LogP contribution in [0.3, 0.4) is 0 Å². The molecule has 7 rings (SSSR count). The molecule has 3 aromatic carbocycles. The number of aromatic nitrogens is 3. The van der Waals surface area contributed by atoms with E-state index in [0.29, 0.717) is 40.8 Å². The zero-order valence-corrected chi connectivity index (χ0v) is 28.8. The van der Waals surface area contributed by atoms with Gasteiger partial charge in [0.2, 0.25) is 11.9 Å². The summed E-state index contributed by atoms with van der Waals surface area (Å²) in [6.45, 7) is 6.02. The molecule has 3 amide bonds. The predicted octanol–water partition coefficient (Wildman–Crippen LogP) is 6.48. The molecule has 0 fully saturated rings. The third-order valence-corrected chi connectivity index (χ3v) is 9.04. The van der Waals surface area contributed by atoms with Crippen LogP contribution in [0.15, 0.2) is 96.2 Å².